The zero-order chi connectivity index (χ0) is 16.6. The minimum atomic E-state index is -0.160. The number of hydrogen-bond acceptors (Lipinski definition) is 3. The number of nitrogens with one attached hydrogen (secondary N) is 2. The van der Waals surface area contributed by atoms with E-state index in [0.717, 1.165) is 29.7 Å². The summed E-state index contributed by atoms with van der Waals surface area (Å²) in [4.78, 5) is 22.4. The number of H-pyrrole nitrogens is 1. The van der Waals surface area contributed by atoms with Gasteiger partial charge >= 0.3 is 6.03 Å². The molecule has 2 N–H and O–H groups in total. The fraction of sp³-hybridized carbons (Fsp3) is 0.556. The van der Waals surface area contributed by atoms with Crippen LogP contribution >= 0.6 is 0 Å². The highest BCUT2D eigenvalue weighted by Gasteiger charge is 2.40. The van der Waals surface area contributed by atoms with Crippen molar-refractivity contribution in [3.05, 3.63) is 30.1 Å². The summed E-state index contributed by atoms with van der Waals surface area (Å²) in [6.45, 7) is 3.94. The van der Waals surface area contributed by atoms with Crippen molar-refractivity contribution in [2.75, 3.05) is 19.7 Å². The number of fused-ring (bicyclic) bond motifs is 1. The molecular weight excluding hydrogens is 304 g/mol. The second-order valence-corrected chi connectivity index (χ2v) is 6.97. The molecule has 1 aromatic heterocycles. The van der Waals surface area contributed by atoms with Crippen LogP contribution in [0.15, 0.2) is 24.3 Å². The van der Waals surface area contributed by atoms with Crippen LogP contribution in [0.4, 0.5) is 4.79 Å². The Bertz CT molecular complexity index is 702. The van der Waals surface area contributed by atoms with E-state index < -0.39 is 0 Å². The second-order valence-electron chi connectivity index (χ2n) is 6.97. The van der Waals surface area contributed by atoms with Crippen molar-refractivity contribution in [2.24, 2.45) is 0 Å². The van der Waals surface area contributed by atoms with Gasteiger partial charge in [0.05, 0.1) is 35.8 Å². The number of ether oxygens (including phenoxy) is 1. The maximum atomic E-state index is 12.7. The first-order chi connectivity index (χ1) is 11.7. The highest BCUT2D eigenvalue weighted by molar-refractivity contribution is 5.76. The van der Waals surface area contributed by atoms with E-state index in [-0.39, 0.29) is 17.7 Å². The molecule has 0 bridgehead atoms. The van der Waals surface area contributed by atoms with Gasteiger partial charge in [0.1, 0.15) is 5.82 Å². The maximum Gasteiger partial charge on any atom is 0.318 e. The molecule has 0 radical (unpaired) electrons. The number of imidazole rings is 1. The smallest absolute Gasteiger partial charge is 0.318 e. The molecule has 0 unspecified atom stereocenters. The number of urea groups is 1. The Morgan fingerprint density at radius 1 is 1.38 bits per heavy atom. The fourth-order valence-corrected chi connectivity index (χ4v) is 3.86. The normalized spacial score (nSPS) is 21.3. The highest BCUT2D eigenvalue weighted by Crippen LogP contribution is 2.35. The number of rotatable bonds is 2. The van der Waals surface area contributed by atoms with Crippen LogP contribution in [0.1, 0.15) is 44.5 Å². The highest BCUT2D eigenvalue weighted by atomic mass is 16.5. The summed E-state index contributed by atoms with van der Waals surface area (Å²) in [6.07, 6.45) is 4.53. The molecule has 128 valence electrons. The molecule has 1 aliphatic heterocycles. The first-order valence-electron chi connectivity index (χ1n) is 8.79. The zero-order valence-corrected chi connectivity index (χ0v) is 14.0. The number of para-hydroxylation sites is 2. The van der Waals surface area contributed by atoms with Gasteiger partial charge in [-0.05, 0) is 31.9 Å². The number of amides is 2. The van der Waals surface area contributed by atoms with Gasteiger partial charge in [0.25, 0.3) is 0 Å². The number of carbonyl (C=O) groups is 1. The van der Waals surface area contributed by atoms with Crippen molar-refractivity contribution < 1.29 is 9.53 Å². The molecule has 1 atom stereocenters. The second kappa shape index (κ2) is 6.09. The number of morpholine rings is 1. The van der Waals surface area contributed by atoms with Gasteiger partial charge in [-0.2, -0.15) is 0 Å². The van der Waals surface area contributed by atoms with Crippen molar-refractivity contribution >= 4 is 17.1 Å². The van der Waals surface area contributed by atoms with Crippen molar-refractivity contribution in [3.8, 4) is 0 Å². The summed E-state index contributed by atoms with van der Waals surface area (Å²) >= 11 is 0. The van der Waals surface area contributed by atoms with E-state index in [2.05, 4.69) is 15.3 Å². The van der Waals surface area contributed by atoms with Crippen LogP contribution in [0.5, 0.6) is 0 Å². The van der Waals surface area contributed by atoms with E-state index in [1.165, 1.54) is 12.8 Å². The lowest BCUT2D eigenvalue weighted by Crippen LogP contribution is -2.55. The SMILES string of the molecule is C[C@@H](NC(=O)N1CCOC2(CCCC2)C1)c1nc2ccccc2[nH]1. The molecule has 1 saturated heterocycles. The Hall–Kier alpha value is -2.08. The van der Waals surface area contributed by atoms with E-state index in [9.17, 15) is 4.79 Å². The van der Waals surface area contributed by atoms with Gasteiger partial charge in [0.2, 0.25) is 0 Å². The number of aromatic amines is 1. The van der Waals surface area contributed by atoms with Crippen molar-refractivity contribution in [2.45, 2.75) is 44.2 Å². The van der Waals surface area contributed by atoms with Gasteiger partial charge in [-0.25, -0.2) is 9.78 Å². The molecule has 4 rings (SSSR count). The third kappa shape index (κ3) is 2.86. The van der Waals surface area contributed by atoms with E-state index in [4.69, 9.17) is 4.74 Å². The Morgan fingerprint density at radius 3 is 2.96 bits per heavy atom. The number of benzene rings is 1. The van der Waals surface area contributed by atoms with E-state index >= 15 is 0 Å². The lowest BCUT2D eigenvalue weighted by molar-refractivity contribution is -0.0927. The number of nitrogens with zero attached hydrogens (tertiary/aromatic N) is 2. The largest absolute Gasteiger partial charge is 0.371 e. The molecule has 2 aliphatic rings. The molecule has 1 aromatic carbocycles. The zero-order valence-electron chi connectivity index (χ0n) is 14.0. The minimum Gasteiger partial charge on any atom is -0.371 e. The molecule has 6 nitrogen and oxygen atoms in total. The first kappa shape index (κ1) is 15.4. The average Bonchev–Trinajstić information content (AvgIpc) is 3.22. The predicted molar refractivity (Wildman–Crippen MR) is 91.8 cm³/mol. The van der Waals surface area contributed by atoms with Gasteiger partial charge in [-0.15, -0.1) is 0 Å². The number of aromatic nitrogens is 2. The molecule has 1 saturated carbocycles. The summed E-state index contributed by atoms with van der Waals surface area (Å²) in [5.74, 6) is 0.786. The van der Waals surface area contributed by atoms with E-state index in [1.54, 1.807) is 0 Å². The standard InChI is InChI=1S/C18H24N4O2/c1-13(16-20-14-6-2-3-7-15(14)21-16)19-17(23)22-10-11-24-18(12-22)8-4-5-9-18/h2-3,6-7,13H,4-5,8-12H2,1H3,(H,19,23)(H,20,21)/t13-/m1/s1. The topological polar surface area (TPSA) is 70.2 Å². The van der Waals surface area contributed by atoms with Crippen LogP contribution < -0.4 is 5.32 Å². The molecular formula is C18H24N4O2. The van der Waals surface area contributed by atoms with Gasteiger partial charge in [-0.3, -0.25) is 0 Å². The molecule has 24 heavy (non-hydrogen) atoms. The molecule has 1 aliphatic carbocycles. The van der Waals surface area contributed by atoms with Crippen LogP contribution in [0.3, 0.4) is 0 Å². The van der Waals surface area contributed by atoms with Gasteiger partial charge < -0.3 is 19.9 Å². The molecule has 2 heterocycles. The monoisotopic (exact) mass is 328 g/mol. The van der Waals surface area contributed by atoms with E-state index in [1.807, 2.05) is 36.1 Å². The Morgan fingerprint density at radius 2 is 2.17 bits per heavy atom. The van der Waals surface area contributed by atoms with Gasteiger partial charge in [0.15, 0.2) is 0 Å². The summed E-state index contributed by atoms with van der Waals surface area (Å²) in [5.41, 5.74) is 1.81. The Kier molecular flexibility index (Phi) is 3.92. The van der Waals surface area contributed by atoms with Crippen molar-refractivity contribution in [3.63, 3.8) is 0 Å². The quantitative estimate of drug-likeness (QED) is 0.890. The molecule has 6 heteroatoms. The Balaban J connectivity index is 1.43. The van der Waals surface area contributed by atoms with Crippen molar-refractivity contribution in [1.29, 1.82) is 0 Å². The lowest BCUT2D eigenvalue weighted by atomic mass is 10.00. The van der Waals surface area contributed by atoms with Gasteiger partial charge in [-0.1, -0.05) is 25.0 Å². The summed E-state index contributed by atoms with van der Waals surface area (Å²) in [5, 5.41) is 3.07. The molecule has 2 amide bonds. The first-order valence-corrected chi connectivity index (χ1v) is 8.79. The fourth-order valence-electron chi connectivity index (χ4n) is 3.86. The average molecular weight is 328 g/mol. The lowest BCUT2D eigenvalue weighted by Gasteiger charge is -2.40. The predicted octanol–water partition coefficient (Wildman–Crippen LogP) is 2.98. The van der Waals surface area contributed by atoms with Gasteiger partial charge in [0, 0.05) is 6.54 Å². The molecule has 1 spiro atoms. The number of carbonyl (C=O) groups excluding carboxylic acids is 1. The van der Waals surface area contributed by atoms with Crippen LogP contribution in [0.25, 0.3) is 11.0 Å². The van der Waals surface area contributed by atoms with Crippen LogP contribution in [0, 0.1) is 0 Å². The van der Waals surface area contributed by atoms with Crippen LogP contribution in [-0.2, 0) is 4.74 Å². The van der Waals surface area contributed by atoms with Crippen LogP contribution in [-0.4, -0.2) is 46.2 Å². The minimum absolute atomic E-state index is 0.0301. The maximum absolute atomic E-state index is 12.7. The third-order valence-corrected chi connectivity index (χ3v) is 5.21. The van der Waals surface area contributed by atoms with Crippen LogP contribution in [0.2, 0.25) is 0 Å². The molecule has 2 aromatic rings. The summed E-state index contributed by atoms with van der Waals surface area (Å²) in [6, 6.07) is 7.71. The Labute approximate surface area is 141 Å². The number of hydrogen-bond donors (Lipinski definition) is 2. The molecule has 2 fully saturated rings. The summed E-state index contributed by atoms with van der Waals surface area (Å²) in [7, 11) is 0. The third-order valence-electron chi connectivity index (χ3n) is 5.21. The summed E-state index contributed by atoms with van der Waals surface area (Å²) < 4.78 is 6.00. The van der Waals surface area contributed by atoms with E-state index in [0.29, 0.717) is 19.7 Å². The van der Waals surface area contributed by atoms with Crippen molar-refractivity contribution in [1.82, 2.24) is 20.2 Å².